The number of aromatic nitrogens is 4. The van der Waals surface area contributed by atoms with Crippen LogP contribution in [0, 0.1) is 13.8 Å². The standard InChI is InChI=1S/C18H20N4O2S/c1-13-5-4-6-14(2)17(13)22-18(19-20-21-22)25-12-11-24-16-9-7-15(23-3)8-10-16/h4-10H,11-12H2,1-3H3. The molecule has 0 spiro atoms. The van der Waals surface area contributed by atoms with Crippen molar-refractivity contribution in [1.82, 2.24) is 20.2 Å². The average molecular weight is 356 g/mol. The van der Waals surface area contributed by atoms with Gasteiger partial charge in [-0.25, -0.2) is 0 Å². The second-order valence-electron chi connectivity index (χ2n) is 5.49. The lowest BCUT2D eigenvalue weighted by Crippen LogP contribution is -2.06. The van der Waals surface area contributed by atoms with Crippen LogP contribution in [0.1, 0.15) is 11.1 Å². The summed E-state index contributed by atoms with van der Waals surface area (Å²) in [6.45, 7) is 4.69. The number of rotatable bonds is 7. The van der Waals surface area contributed by atoms with Gasteiger partial charge in [0.2, 0.25) is 5.16 Å². The summed E-state index contributed by atoms with van der Waals surface area (Å²) in [4.78, 5) is 0. The molecule has 7 heteroatoms. The van der Waals surface area contributed by atoms with Gasteiger partial charge in [-0.1, -0.05) is 30.0 Å². The molecular formula is C18H20N4O2S. The fraction of sp³-hybridized carbons (Fsp3) is 0.278. The number of methoxy groups -OCH3 is 1. The van der Waals surface area contributed by atoms with Crippen LogP contribution in [0.4, 0.5) is 0 Å². The van der Waals surface area contributed by atoms with E-state index in [0.29, 0.717) is 6.61 Å². The number of aryl methyl sites for hydroxylation is 2. The lowest BCUT2D eigenvalue weighted by molar-refractivity contribution is 0.342. The Morgan fingerprint density at radius 3 is 2.36 bits per heavy atom. The van der Waals surface area contributed by atoms with Crippen LogP contribution in [0.3, 0.4) is 0 Å². The zero-order valence-corrected chi connectivity index (χ0v) is 15.3. The van der Waals surface area contributed by atoms with E-state index in [4.69, 9.17) is 9.47 Å². The third kappa shape index (κ3) is 4.11. The summed E-state index contributed by atoms with van der Waals surface area (Å²) in [6.07, 6.45) is 0. The molecule has 0 amide bonds. The highest BCUT2D eigenvalue weighted by Crippen LogP contribution is 2.23. The summed E-state index contributed by atoms with van der Waals surface area (Å²) in [5, 5.41) is 12.9. The molecule has 3 rings (SSSR count). The van der Waals surface area contributed by atoms with Crippen LogP contribution in [-0.2, 0) is 0 Å². The highest BCUT2D eigenvalue weighted by Gasteiger charge is 2.13. The molecule has 0 atom stereocenters. The average Bonchev–Trinajstić information content (AvgIpc) is 3.07. The molecule has 1 aromatic heterocycles. The highest BCUT2D eigenvalue weighted by atomic mass is 32.2. The van der Waals surface area contributed by atoms with Crippen LogP contribution >= 0.6 is 11.8 Å². The molecule has 0 saturated heterocycles. The predicted octanol–water partition coefficient (Wildman–Crippen LogP) is 3.46. The molecule has 25 heavy (non-hydrogen) atoms. The lowest BCUT2D eigenvalue weighted by atomic mass is 10.1. The van der Waals surface area contributed by atoms with Crippen molar-refractivity contribution in [3.05, 3.63) is 53.6 Å². The van der Waals surface area contributed by atoms with Crippen LogP contribution in [0.25, 0.3) is 5.69 Å². The van der Waals surface area contributed by atoms with E-state index in [9.17, 15) is 0 Å². The van der Waals surface area contributed by atoms with Crippen molar-refractivity contribution in [2.24, 2.45) is 0 Å². The number of ether oxygens (including phenoxy) is 2. The van der Waals surface area contributed by atoms with E-state index in [-0.39, 0.29) is 0 Å². The first-order valence-corrected chi connectivity index (χ1v) is 8.92. The fourth-order valence-corrected chi connectivity index (χ4v) is 3.21. The summed E-state index contributed by atoms with van der Waals surface area (Å²) in [5.41, 5.74) is 3.32. The Morgan fingerprint density at radius 1 is 1.00 bits per heavy atom. The first-order chi connectivity index (χ1) is 12.2. The van der Waals surface area contributed by atoms with Crippen LogP contribution in [0.15, 0.2) is 47.6 Å². The topological polar surface area (TPSA) is 62.1 Å². The van der Waals surface area contributed by atoms with Gasteiger partial charge in [-0.3, -0.25) is 0 Å². The van der Waals surface area contributed by atoms with E-state index >= 15 is 0 Å². The van der Waals surface area contributed by atoms with Crippen molar-refractivity contribution >= 4 is 11.8 Å². The van der Waals surface area contributed by atoms with Gasteiger partial charge in [0.25, 0.3) is 0 Å². The van der Waals surface area contributed by atoms with Gasteiger partial charge < -0.3 is 9.47 Å². The van der Waals surface area contributed by atoms with Crippen molar-refractivity contribution in [2.75, 3.05) is 19.5 Å². The smallest absolute Gasteiger partial charge is 0.214 e. The molecule has 0 fully saturated rings. The van der Waals surface area contributed by atoms with Crippen molar-refractivity contribution in [1.29, 1.82) is 0 Å². The molecule has 0 bridgehead atoms. The van der Waals surface area contributed by atoms with Crippen LogP contribution in [0.2, 0.25) is 0 Å². The van der Waals surface area contributed by atoms with Crippen molar-refractivity contribution in [3.8, 4) is 17.2 Å². The van der Waals surface area contributed by atoms with Gasteiger partial charge >= 0.3 is 0 Å². The third-order valence-electron chi connectivity index (χ3n) is 3.73. The van der Waals surface area contributed by atoms with Gasteiger partial charge in [0.15, 0.2) is 0 Å². The number of tetrazole rings is 1. The number of hydrogen-bond acceptors (Lipinski definition) is 6. The zero-order chi connectivity index (χ0) is 17.6. The van der Waals surface area contributed by atoms with Gasteiger partial charge in [-0.2, -0.15) is 4.68 Å². The Kier molecular flexibility index (Phi) is 5.55. The Labute approximate surface area is 151 Å². The molecule has 0 radical (unpaired) electrons. The van der Waals surface area contributed by atoms with Crippen LogP contribution in [0.5, 0.6) is 11.5 Å². The highest BCUT2D eigenvalue weighted by molar-refractivity contribution is 7.99. The summed E-state index contributed by atoms with van der Waals surface area (Å²) < 4.78 is 12.7. The molecule has 0 aliphatic heterocycles. The molecule has 6 nitrogen and oxygen atoms in total. The van der Waals surface area contributed by atoms with Gasteiger partial charge in [0, 0.05) is 5.75 Å². The molecule has 0 saturated carbocycles. The third-order valence-corrected chi connectivity index (χ3v) is 4.62. The SMILES string of the molecule is COc1ccc(OCCSc2nnnn2-c2c(C)cccc2C)cc1. The first-order valence-electron chi connectivity index (χ1n) is 7.93. The predicted molar refractivity (Wildman–Crippen MR) is 97.8 cm³/mol. The number of benzene rings is 2. The van der Waals surface area contributed by atoms with Crippen LogP contribution < -0.4 is 9.47 Å². The van der Waals surface area contributed by atoms with E-state index in [2.05, 4.69) is 41.5 Å². The molecule has 1 heterocycles. The van der Waals surface area contributed by atoms with Gasteiger partial charge in [0.1, 0.15) is 11.5 Å². The molecule has 0 aliphatic rings. The number of thioether (sulfide) groups is 1. The maximum atomic E-state index is 5.74. The van der Waals surface area contributed by atoms with Crippen molar-refractivity contribution in [3.63, 3.8) is 0 Å². The number of hydrogen-bond donors (Lipinski definition) is 0. The Bertz CT molecular complexity index is 813. The Morgan fingerprint density at radius 2 is 1.68 bits per heavy atom. The maximum Gasteiger partial charge on any atom is 0.214 e. The van der Waals surface area contributed by atoms with E-state index in [1.54, 1.807) is 23.6 Å². The summed E-state index contributed by atoms with van der Waals surface area (Å²) in [6, 6.07) is 13.7. The molecule has 0 N–H and O–H groups in total. The second-order valence-corrected chi connectivity index (χ2v) is 6.55. The number of para-hydroxylation sites is 1. The van der Waals surface area contributed by atoms with E-state index < -0.39 is 0 Å². The molecular weight excluding hydrogens is 336 g/mol. The summed E-state index contributed by atoms with van der Waals surface area (Å²) in [7, 11) is 1.65. The molecule has 0 unspecified atom stereocenters. The van der Waals surface area contributed by atoms with E-state index in [1.807, 2.05) is 30.3 Å². The van der Waals surface area contributed by atoms with Crippen molar-refractivity contribution in [2.45, 2.75) is 19.0 Å². The van der Waals surface area contributed by atoms with E-state index in [1.165, 1.54) is 0 Å². The molecule has 130 valence electrons. The maximum absolute atomic E-state index is 5.74. The van der Waals surface area contributed by atoms with E-state index in [0.717, 1.165) is 39.2 Å². The minimum absolute atomic E-state index is 0.566. The molecule has 3 aromatic rings. The number of nitrogens with zero attached hydrogens (tertiary/aromatic N) is 4. The van der Waals surface area contributed by atoms with Crippen LogP contribution in [-0.4, -0.2) is 39.7 Å². The quantitative estimate of drug-likeness (QED) is 0.477. The van der Waals surface area contributed by atoms with Gasteiger partial charge in [0.05, 0.1) is 19.4 Å². The minimum atomic E-state index is 0.566. The Balaban J connectivity index is 1.60. The Hall–Kier alpha value is -2.54. The zero-order valence-electron chi connectivity index (χ0n) is 14.5. The summed E-state index contributed by atoms with van der Waals surface area (Å²) in [5.74, 6) is 2.38. The molecule has 2 aromatic carbocycles. The second kappa shape index (κ2) is 8.02. The normalized spacial score (nSPS) is 10.7. The first kappa shape index (κ1) is 17.3. The van der Waals surface area contributed by atoms with Crippen molar-refractivity contribution < 1.29 is 9.47 Å². The minimum Gasteiger partial charge on any atom is -0.497 e. The summed E-state index contributed by atoms with van der Waals surface area (Å²) >= 11 is 1.57. The fourth-order valence-electron chi connectivity index (χ4n) is 2.51. The largest absolute Gasteiger partial charge is 0.497 e. The van der Waals surface area contributed by atoms with Gasteiger partial charge in [-0.05, 0) is 59.7 Å². The monoisotopic (exact) mass is 356 g/mol. The molecule has 0 aliphatic carbocycles. The lowest BCUT2D eigenvalue weighted by Gasteiger charge is -2.11. The van der Waals surface area contributed by atoms with Gasteiger partial charge in [-0.15, -0.1) is 5.10 Å².